The predicted molar refractivity (Wildman–Crippen MR) is 74.6 cm³/mol. The van der Waals surface area contributed by atoms with Crippen LogP contribution in [0.15, 0.2) is 0 Å². The van der Waals surface area contributed by atoms with Crippen LogP contribution < -0.4 is 5.32 Å². The summed E-state index contributed by atoms with van der Waals surface area (Å²) in [6, 6.07) is -1.30. The third kappa shape index (κ3) is 4.64. The molecule has 7 nitrogen and oxygen atoms in total. The van der Waals surface area contributed by atoms with E-state index in [0.717, 1.165) is 25.9 Å². The van der Waals surface area contributed by atoms with Crippen LogP contribution in [0.2, 0.25) is 0 Å². The van der Waals surface area contributed by atoms with E-state index in [2.05, 4.69) is 10.2 Å². The summed E-state index contributed by atoms with van der Waals surface area (Å²) in [6.07, 6.45) is 1.72. The van der Waals surface area contributed by atoms with Gasteiger partial charge in [-0.3, -0.25) is 0 Å². The Morgan fingerprint density at radius 2 is 2.10 bits per heavy atom. The Morgan fingerprint density at radius 1 is 1.40 bits per heavy atom. The van der Waals surface area contributed by atoms with Crippen LogP contribution in [0.5, 0.6) is 0 Å². The van der Waals surface area contributed by atoms with Gasteiger partial charge in [0, 0.05) is 32.2 Å². The summed E-state index contributed by atoms with van der Waals surface area (Å²) in [6.45, 7) is 4.10. The van der Waals surface area contributed by atoms with Crippen LogP contribution >= 0.6 is 0 Å². The Bertz CT molecular complexity index is 338. The Kier molecular flexibility index (Phi) is 6.74. The van der Waals surface area contributed by atoms with Gasteiger partial charge in [-0.1, -0.05) is 6.92 Å². The van der Waals surface area contributed by atoms with Crippen LogP contribution in [0, 0.1) is 0 Å². The minimum Gasteiger partial charge on any atom is -0.480 e. The number of aliphatic carboxylic acids is 1. The van der Waals surface area contributed by atoms with Crippen molar-refractivity contribution in [3.8, 4) is 0 Å². The van der Waals surface area contributed by atoms with E-state index < -0.39 is 12.0 Å². The summed E-state index contributed by atoms with van der Waals surface area (Å²) in [7, 11) is 2.02. The number of nitrogens with zero attached hydrogens (tertiary/aromatic N) is 2. The number of carboxylic acids is 1. The van der Waals surface area contributed by atoms with Crippen molar-refractivity contribution in [1.82, 2.24) is 15.1 Å². The molecule has 0 aromatic carbocycles. The molecule has 7 heteroatoms. The molecule has 3 N–H and O–H groups in total. The van der Waals surface area contributed by atoms with E-state index in [1.165, 1.54) is 0 Å². The van der Waals surface area contributed by atoms with Gasteiger partial charge in [-0.15, -0.1) is 0 Å². The van der Waals surface area contributed by atoms with Gasteiger partial charge in [0.2, 0.25) is 0 Å². The van der Waals surface area contributed by atoms with Crippen molar-refractivity contribution >= 4 is 12.0 Å². The van der Waals surface area contributed by atoms with Gasteiger partial charge in [-0.25, -0.2) is 9.59 Å². The Balaban J connectivity index is 2.69. The monoisotopic (exact) mass is 287 g/mol. The molecule has 2 atom stereocenters. The first kappa shape index (κ1) is 16.7. The predicted octanol–water partition coefficient (Wildman–Crippen LogP) is -0.0523. The molecule has 1 aliphatic heterocycles. The summed E-state index contributed by atoms with van der Waals surface area (Å²) in [4.78, 5) is 27.2. The minimum absolute atomic E-state index is 0.0195. The molecule has 0 spiro atoms. The largest absolute Gasteiger partial charge is 0.480 e. The molecule has 0 bridgehead atoms. The van der Waals surface area contributed by atoms with Crippen LogP contribution in [-0.4, -0.2) is 77.4 Å². The molecular weight excluding hydrogens is 262 g/mol. The number of carbonyl (C=O) groups is 2. The lowest BCUT2D eigenvalue weighted by molar-refractivity contribution is -0.139. The number of urea groups is 1. The maximum Gasteiger partial charge on any atom is 0.326 e. The summed E-state index contributed by atoms with van der Waals surface area (Å²) in [5.74, 6) is -1.12. The lowest BCUT2D eigenvalue weighted by atomic mass is 10.2. The molecule has 0 saturated carbocycles. The van der Waals surface area contributed by atoms with Crippen LogP contribution in [-0.2, 0) is 4.79 Å². The van der Waals surface area contributed by atoms with Crippen molar-refractivity contribution < 1.29 is 19.8 Å². The molecule has 2 unspecified atom stereocenters. The first-order valence-corrected chi connectivity index (χ1v) is 7.08. The molecule has 1 rings (SSSR count). The van der Waals surface area contributed by atoms with E-state index in [1.54, 1.807) is 4.90 Å². The smallest absolute Gasteiger partial charge is 0.326 e. The summed E-state index contributed by atoms with van der Waals surface area (Å²) in [5, 5.41) is 20.4. The van der Waals surface area contributed by atoms with Gasteiger partial charge >= 0.3 is 12.0 Å². The zero-order valence-electron chi connectivity index (χ0n) is 12.2. The number of carbonyl (C=O) groups excluding carboxylic acids is 1. The number of aliphatic hydroxyl groups excluding tert-OH is 1. The highest BCUT2D eigenvalue weighted by Gasteiger charge is 2.28. The van der Waals surface area contributed by atoms with Gasteiger partial charge in [0.05, 0.1) is 0 Å². The van der Waals surface area contributed by atoms with E-state index in [-0.39, 0.29) is 25.1 Å². The first-order chi connectivity index (χ1) is 9.49. The highest BCUT2D eigenvalue weighted by atomic mass is 16.4. The van der Waals surface area contributed by atoms with E-state index in [1.807, 2.05) is 14.0 Å². The van der Waals surface area contributed by atoms with Crippen molar-refractivity contribution in [3.63, 3.8) is 0 Å². The van der Waals surface area contributed by atoms with Gasteiger partial charge in [-0.2, -0.15) is 0 Å². The zero-order chi connectivity index (χ0) is 15.1. The SMILES string of the molecule is CCC1CN(C)CCCN1C(=O)NC(CCO)C(=O)O. The topological polar surface area (TPSA) is 93.1 Å². The molecule has 1 saturated heterocycles. The molecule has 0 aliphatic carbocycles. The van der Waals surface area contributed by atoms with Crippen molar-refractivity contribution in [2.24, 2.45) is 0 Å². The van der Waals surface area contributed by atoms with Crippen molar-refractivity contribution in [1.29, 1.82) is 0 Å². The molecule has 0 aromatic rings. The Morgan fingerprint density at radius 3 is 2.65 bits per heavy atom. The first-order valence-electron chi connectivity index (χ1n) is 7.08. The lowest BCUT2D eigenvalue weighted by Gasteiger charge is -2.31. The molecular formula is C13H25N3O4. The number of hydrogen-bond donors (Lipinski definition) is 3. The molecule has 2 amide bonds. The van der Waals surface area contributed by atoms with Gasteiger partial charge in [0.1, 0.15) is 6.04 Å². The Hall–Kier alpha value is -1.34. The zero-order valence-corrected chi connectivity index (χ0v) is 12.2. The summed E-state index contributed by atoms with van der Waals surface area (Å²) < 4.78 is 0. The second-order valence-corrected chi connectivity index (χ2v) is 5.22. The lowest BCUT2D eigenvalue weighted by Crippen LogP contribution is -2.52. The fourth-order valence-corrected chi connectivity index (χ4v) is 2.48. The second kappa shape index (κ2) is 8.06. The van der Waals surface area contributed by atoms with Gasteiger partial charge < -0.3 is 25.3 Å². The van der Waals surface area contributed by atoms with Crippen LogP contribution in [0.3, 0.4) is 0 Å². The number of likely N-dealkylation sites (N-methyl/N-ethyl adjacent to an activating group) is 1. The molecule has 1 heterocycles. The van der Waals surface area contributed by atoms with E-state index in [0.29, 0.717) is 6.54 Å². The fourth-order valence-electron chi connectivity index (χ4n) is 2.48. The van der Waals surface area contributed by atoms with Crippen LogP contribution in [0.1, 0.15) is 26.2 Å². The van der Waals surface area contributed by atoms with Crippen LogP contribution in [0.4, 0.5) is 4.79 Å². The quantitative estimate of drug-likeness (QED) is 0.659. The molecule has 116 valence electrons. The minimum atomic E-state index is -1.12. The number of hydrogen-bond acceptors (Lipinski definition) is 4. The highest BCUT2D eigenvalue weighted by Crippen LogP contribution is 2.12. The van der Waals surface area contributed by atoms with Crippen molar-refractivity contribution in [3.05, 3.63) is 0 Å². The normalized spacial score (nSPS) is 22.1. The standard InChI is InChI=1S/C13H25N3O4/c1-3-10-9-15(2)6-4-7-16(10)13(20)14-11(5-8-17)12(18)19/h10-11,17H,3-9H2,1-2H3,(H,14,20)(H,18,19). The number of amides is 2. The number of aliphatic hydroxyl groups is 1. The van der Waals surface area contributed by atoms with E-state index in [9.17, 15) is 9.59 Å². The second-order valence-electron chi connectivity index (χ2n) is 5.22. The average molecular weight is 287 g/mol. The Labute approximate surface area is 119 Å². The highest BCUT2D eigenvalue weighted by molar-refractivity contribution is 5.82. The third-order valence-electron chi connectivity index (χ3n) is 3.65. The van der Waals surface area contributed by atoms with Crippen molar-refractivity contribution in [2.75, 3.05) is 33.3 Å². The summed E-state index contributed by atoms with van der Waals surface area (Å²) in [5.41, 5.74) is 0. The molecule has 1 aliphatic rings. The van der Waals surface area contributed by atoms with Gasteiger partial charge in [0.15, 0.2) is 0 Å². The molecule has 1 fully saturated rings. The fraction of sp³-hybridized carbons (Fsp3) is 0.846. The summed E-state index contributed by atoms with van der Waals surface area (Å²) >= 11 is 0. The third-order valence-corrected chi connectivity index (χ3v) is 3.65. The maximum absolute atomic E-state index is 12.3. The molecule has 20 heavy (non-hydrogen) atoms. The number of rotatable bonds is 5. The number of carboxylic acid groups (broad SMARTS) is 1. The van der Waals surface area contributed by atoms with Gasteiger partial charge in [-0.05, 0) is 26.4 Å². The van der Waals surface area contributed by atoms with E-state index >= 15 is 0 Å². The number of nitrogens with one attached hydrogen (secondary N) is 1. The maximum atomic E-state index is 12.3. The molecule has 0 radical (unpaired) electrons. The average Bonchev–Trinajstić information content (AvgIpc) is 2.59. The van der Waals surface area contributed by atoms with Gasteiger partial charge in [0.25, 0.3) is 0 Å². The van der Waals surface area contributed by atoms with E-state index in [4.69, 9.17) is 10.2 Å². The molecule has 0 aromatic heterocycles. The van der Waals surface area contributed by atoms with Crippen molar-refractivity contribution in [2.45, 2.75) is 38.3 Å². The van der Waals surface area contributed by atoms with Crippen LogP contribution in [0.25, 0.3) is 0 Å².